The summed E-state index contributed by atoms with van der Waals surface area (Å²) >= 11 is 3.13. The molecule has 0 N–H and O–H groups in total. The molecule has 0 aromatic heterocycles. The van der Waals surface area contributed by atoms with Crippen molar-refractivity contribution >= 4 is 15.9 Å². The first-order valence-electron chi connectivity index (χ1n) is 7.15. The van der Waals surface area contributed by atoms with Crippen LogP contribution in [0.4, 0.5) is 0 Å². The third-order valence-corrected chi connectivity index (χ3v) is 3.98. The van der Waals surface area contributed by atoms with Crippen LogP contribution >= 0.6 is 15.9 Å². The van der Waals surface area contributed by atoms with E-state index in [9.17, 15) is 0 Å². The Labute approximate surface area is 152 Å². The van der Waals surface area contributed by atoms with Crippen LogP contribution in [0.3, 0.4) is 0 Å². The summed E-state index contributed by atoms with van der Waals surface area (Å²) in [6.45, 7) is 8.29. The lowest BCUT2D eigenvalue weighted by Crippen LogP contribution is -3.00. The average Bonchev–Trinajstić information content (AvgIpc) is 3.23. The molecule has 2 nitrogen and oxygen atoms in total. The van der Waals surface area contributed by atoms with Crippen LogP contribution in [0.25, 0.3) is 0 Å². The van der Waals surface area contributed by atoms with E-state index in [0.717, 1.165) is 28.4 Å². The van der Waals surface area contributed by atoms with Crippen LogP contribution < -0.4 is 17.0 Å². The topological polar surface area (TPSA) is 3.24 Å². The van der Waals surface area contributed by atoms with E-state index >= 15 is 0 Å². The first kappa shape index (κ1) is 26.3. The molecule has 2 rings (SSSR count). The van der Waals surface area contributed by atoms with Crippen molar-refractivity contribution in [2.75, 3.05) is 40.1 Å². The van der Waals surface area contributed by atoms with Gasteiger partial charge in [0.25, 0.3) is 0 Å². The zero-order valence-electron chi connectivity index (χ0n) is 13.6. The van der Waals surface area contributed by atoms with Crippen molar-refractivity contribution in [3.05, 3.63) is 25.3 Å². The summed E-state index contributed by atoms with van der Waals surface area (Å²) in [5, 5.41) is 0.896. The maximum absolute atomic E-state index is 3.74. The van der Waals surface area contributed by atoms with E-state index in [0.29, 0.717) is 0 Å². The van der Waals surface area contributed by atoms with Crippen molar-refractivity contribution in [2.24, 2.45) is 0 Å². The molecule has 0 atom stereocenters. The van der Waals surface area contributed by atoms with E-state index in [1.54, 1.807) is 6.08 Å². The van der Waals surface area contributed by atoms with Crippen LogP contribution in [0.5, 0.6) is 0 Å². The Morgan fingerprint density at radius 2 is 1.52 bits per heavy atom. The van der Waals surface area contributed by atoms with Crippen LogP contribution in [0.1, 0.15) is 33.1 Å². The Hall–Kier alpha value is 0.360. The minimum absolute atomic E-state index is 0. The van der Waals surface area contributed by atoms with Gasteiger partial charge in [-0.25, -0.2) is 0 Å². The van der Waals surface area contributed by atoms with E-state index < -0.39 is 0 Å². The smallest absolute Gasteiger partial charge is 0.0969 e. The molecule has 2 saturated carbocycles. The van der Waals surface area contributed by atoms with Crippen LogP contribution in [0, 0.1) is 0 Å². The Kier molecular flexibility index (Phi) is 17.5. The Morgan fingerprint density at radius 3 is 1.67 bits per heavy atom. The SMILES string of the molecule is C.C=CCBr.C=CC[N+](C)(C)C1CC1.CN(C)C1CC1.[Br-]. The van der Waals surface area contributed by atoms with E-state index in [4.69, 9.17) is 0 Å². The lowest BCUT2D eigenvalue weighted by molar-refractivity contribution is -0.895. The summed E-state index contributed by atoms with van der Waals surface area (Å²) in [6, 6.07) is 1.87. The molecule has 4 heteroatoms. The summed E-state index contributed by atoms with van der Waals surface area (Å²) in [5.74, 6) is 0. The number of halogens is 2. The second kappa shape index (κ2) is 14.0. The number of nitrogens with zero attached hydrogens (tertiary/aromatic N) is 2. The molecule has 0 unspecified atom stereocenters. The predicted octanol–water partition coefficient (Wildman–Crippen LogP) is 1.33. The van der Waals surface area contributed by atoms with E-state index in [1.165, 1.54) is 25.7 Å². The Morgan fingerprint density at radius 1 is 1.10 bits per heavy atom. The molecule has 2 fully saturated rings. The summed E-state index contributed by atoms with van der Waals surface area (Å²) in [5.41, 5.74) is 0. The standard InChI is InChI=1S/C8H16N.C5H11N.C3H5Br.CH4.BrH/c1-4-7-9(2,3)8-5-6-8;1-6(2)5-3-4-5;1-2-3-4;;/h4,8H,1,5-7H2,2-3H3;5H,3-4H2,1-2H3;2H,1,3H2;1H4;1H/q+1;;;;/p-1. The van der Waals surface area contributed by atoms with Gasteiger partial charge in [-0.15, -0.1) is 6.58 Å². The van der Waals surface area contributed by atoms with Gasteiger partial charge in [0.2, 0.25) is 0 Å². The molecule has 0 aromatic rings. The predicted molar refractivity (Wildman–Crippen MR) is 97.6 cm³/mol. The molecular formula is C17H36Br2N2. The largest absolute Gasteiger partial charge is 1.00 e. The van der Waals surface area contributed by atoms with E-state index in [2.05, 4.69) is 62.2 Å². The van der Waals surface area contributed by atoms with Crippen molar-refractivity contribution in [3.8, 4) is 0 Å². The molecule has 2 aliphatic rings. The highest BCUT2D eigenvalue weighted by molar-refractivity contribution is 9.09. The lowest BCUT2D eigenvalue weighted by Gasteiger charge is -2.28. The van der Waals surface area contributed by atoms with Crippen molar-refractivity contribution in [3.63, 3.8) is 0 Å². The van der Waals surface area contributed by atoms with Gasteiger partial charge in [-0.3, -0.25) is 0 Å². The molecule has 2 aliphatic carbocycles. The normalized spacial score (nSPS) is 16.1. The quantitative estimate of drug-likeness (QED) is 0.363. The highest BCUT2D eigenvalue weighted by atomic mass is 79.9. The number of hydrogen-bond acceptors (Lipinski definition) is 1. The maximum Gasteiger partial charge on any atom is 0.0969 e. The van der Waals surface area contributed by atoms with Crippen LogP contribution in [-0.2, 0) is 0 Å². The van der Waals surface area contributed by atoms with Gasteiger partial charge in [0.05, 0.1) is 26.7 Å². The number of rotatable bonds is 5. The number of hydrogen-bond donors (Lipinski definition) is 0. The fraction of sp³-hybridized carbons (Fsp3) is 0.765. The van der Waals surface area contributed by atoms with Crippen LogP contribution in [-0.4, -0.2) is 61.5 Å². The number of allylic oxidation sites excluding steroid dienone is 1. The number of alkyl halides is 1. The minimum atomic E-state index is 0. The van der Waals surface area contributed by atoms with E-state index in [-0.39, 0.29) is 24.4 Å². The van der Waals surface area contributed by atoms with Crippen molar-refractivity contribution in [2.45, 2.75) is 45.2 Å². The third kappa shape index (κ3) is 15.0. The average molecular weight is 428 g/mol. The van der Waals surface area contributed by atoms with Crippen molar-refractivity contribution < 1.29 is 21.5 Å². The fourth-order valence-corrected chi connectivity index (χ4v) is 1.85. The number of quaternary nitrogens is 1. The van der Waals surface area contributed by atoms with Gasteiger partial charge in [0.1, 0.15) is 0 Å². The third-order valence-electron chi connectivity index (χ3n) is 3.52. The van der Waals surface area contributed by atoms with Gasteiger partial charge in [0, 0.05) is 24.2 Å². The molecule has 0 aromatic carbocycles. The van der Waals surface area contributed by atoms with Gasteiger partial charge in [-0.1, -0.05) is 36.0 Å². The van der Waals surface area contributed by atoms with Crippen LogP contribution in [0.2, 0.25) is 0 Å². The first-order chi connectivity index (χ1) is 8.88. The lowest BCUT2D eigenvalue weighted by atomic mass is 10.4. The molecule has 0 saturated heterocycles. The summed E-state index contributed by atoms with van der Waals surface area (Å²) in [4.78, 5) is 2.28. The Balaban J connectivity index is -0.000000239. The van der Waals surface area contributed by atoms with Crippen molar-refractivity contribution in [1.29, 1.82) is 0 Å². The molecule has 0 bridgehead atoms. The zero-order valence-corrected chi connectivity index (χ0v) is 16.8. The fourth-order valence-electron chi connectivity index (χ4n) is 1.85. The van der Waals surface area contributed by atoms with Gasteiger partial charge in [-0.05, 0) is 33.0 Å². The first-order valence-corrected chi connectivity index (χ1v) is 8.28. The molecule has 0 spiro atoms. The second-order valence-corrected chi connectivity index (χ2v) is 6.77. The molecule has 128 valence electrons. The highest BCUT2D eigenvalue weighted by Gasteiger charge is 2.36. The molecule has 21 heavy (non-hydrogen) atoms. The zero-order chi connectivity index (χ0) is 14.9. The summed E-state index contributed by atoms with van der Waals surface area (Å²) in [7, 11) is 8.83. The van der Waals surface area contributed by atoms with Gasteiger partial charge in [-0.2, -0.15) is 0 Å². The number of likely N-dealkylation sites (N-methyl/N-ethyl adjacent to an activating group) is 1. The Bertz CT molecular complexity index is 258. The van der Waals surface area contributed by atoms with Crippen LogP contribution in [0.15, 0.2) is 25.3 Å². The van der Waals surface area contributed by atoms with Crippen molar-refractivity contribution in [1.82, 2.24) is 4.90 Å². The van der Waals surface area contributed by atoms with Gasteiger partial charge in [0.15, 0.2) is 0 Å². The molecule has 0 radical (unpaired) electrons. The second-order valence-electron chi connectivity index (χ2n) is 6.12. The minimum Gasteiger partial charge on any atom is -1.00 e. The van der Waals surface area contributed by atoms with Gasteiger partial charge < -0.3 is 26.4 Å². The van der Waals surface area contributed by atoms with Gasteiger partial charge >= 0.3 is 0 Å². The molecule has 0 amide bonds. The highest BCUT2D eigenvalue weighted by Crippen LogP contribution is 2.30. The monoisotopic (exact) mass is 426 g/mol. The molecule has 0 aliphatic heterocycles. The molecule has 0 heterocycles. The summed E-state index contributed by atoms with van der Waals surface area (Å²) in [6.07, 6.45) is 9.49. The molecular weight excluding hydrogens is 392 g/mol. The maximum atomic E-state index is 3.74. The summed E-state index contributed by atoms with van der Waals surface area (Å²) < 4.78 is 1.14. The van der Waals surface area contributed by atoms with E-state index in [1.807, 2.05) is 6.08 Å².